The van der Waals surface area contributed by atoms with E-state index in [4.69, 9.17) is 0 Å². The normalized spacial score (nSPS) is 14.8. The summed E-state index contributed by atoms with van der Waals surface area (Å²) >= 11 is 0. The minimum absolute atomic E-state index is 0.597. The van der Waals surface area contributed by atoms with Crippen molar-refractivity contribution in [1.29, 1.82) is 0 Å². The van der Waals surface area contributed by atoms with Crippen LogP contribution in [0, 0.1) is 6.92 Å². The van der Waals surface area contributed by atoms with Crippen LogP contribution in [-0.2, 0) is 0 Å². The third kappa shape index (κ3) is 3.64. The molecule has 1 aromatic carbocycles. The van der Waals surface area contributed by atoms with Gasteiger partial charge in [-0.2, -0.15) is 0 Å². The molecule has 0 aliphatic rings. The van der Waals surface area contributed by atoms with Gasteiger partial charge in [-0.05, 0) is 31.4 Å². The highest BCUT2D eigenvalue weighted by Gasteiger charge is 2.16. The molecule has 1 heteroatoms. The molecule has 0 aliphatic carbocycles. The second-order valence-corrected chi connectivity index (χ2v) is 4.66. The summed E-state index contributed by atoms with van der Waals surface area (Å²) in [5, 5.41) is 3.60. The van der Waals surface area contributed by atoms with Crippen LogP contribution in [0.5, 0.6) is 0 Å². The third-order valence-corrected chi connectivity index (χ3v) is 3.24. The Balaban J connectivity index is 2.76. The molecule has 0 heterocycles. The molecule has 16 heavy (non-hydrogen) atoms. The molecule has 0 aromatic heterocycles. The second-order valence-electron chi connectivity index (χ2n) is 4.66. The van der Waals surface area contributed by atoms with Crippen LogP contribution < -0.4 is 5.32 Å². The first-order valence-corrected chi connectivity index (χ1v) is 6.49. The van der Waals surface area contributed by atoms with Gasteiger partial charge in [0.05, 0.1) is 0 Å². The van der Waals surface area contributed by atoms with Gasteiger partial charge in [-0.1, -0.05) is 57.0 Å². The maximum atomic E-state index is 3.60. The maximum absolute atomic E-state index is 3.60. The smallest absolute Gasteiger partial charge is 0.0133 e. The van der Waals surface area contributed by atoms with E-state index in [-0.39, 0.29) is 0 Å². The molecule has 1 nitrogen and oxygen atoms in total. The van der Waals surface area contributed by atoms with Crippen LogP contribution >= 0.6 is 0 Å². The van der Waals surface area contributed by atoms with Crippen molar-refractivity contribution in [3.63, 3.8) is 0 Å². The van der Waals surface area contributed by atoms with Crippen LogP contribution in [0.1, 0.15) is 50.7 Å². The van der Waals surface area contributed by atoms with Crippen molar-refractivity contribution < 1.29 is 0 Å². The molecule has 0 fully saturated rings. The van der Waals surface area contributed by atoms with Crippen LogP contribution in [0.3, 0.4) is 0 Å². The van der Waals surface area contributed by atoms with E-state index in [1.54, 1.807) is 0 Å². The monoisotopic (exact) mass is 219 g/mol. The van der Waals surface area contributed by atoms with Crippen molar-refractivity contribution in [3.8, 4) is 0 Å². The molecule has 0 saturated carbocycles. The maximum Gasteiger partial charge on any atom is 0.0133 e. The van der Waals surface area contributed by atoms with E-state index in [0.29, 0.717) is 12.0 Å². The lowest BCUT2D eigenvalue weighted by Crippen LogP contribution is -2.33. The van der Waals surface area contributed by atoms with Gasteiger partial charge in [0.1, 0.15) is 0 Å². The summed E-state index contributed by atoms with van der Waals surface area (Å²) in [5.74, 6) is 0.597. The topological polar surface area (TPSA) is 12.0 Å². The van der Waals surface area contributed by atoms with Gasteiger partial charge >= 0.3 is 0 Å². The van der Waals surface area contributed by atoms with E-state index < -0.39 is 0 Å². The van der Waals surface area contributed by atoms with Gasteiger partial charge in [0, 0.05) is 6.04 Å². The standard InChI is InChI=1S/C15H25N/c1-5-8-15(16-6-2)13(4)14-10-7-9-12(3)11-14/h7,9-11,13,15-16H,5-6,8H2,1-4H3. The van der Waals surface area contributed by atoms with Crippen molar-refractivity contribution in [2.45, 2.75) is 52.5 Å². The molecule has 0 radical (unpaired) electrons. The molecule has 1 aromatic rings. The van der Waals surface area contributed by atoms with Crippen molar-refractivity contribution in [2.75, 3.05) is 6.54 Å². The summed E-state index contributed by atoms with van der Waals surface area (Å²) in [5.41, 5.74) is 2.82. The Morgan fingerprint density at radius 3 is 2.56 bits per heavy atom. The van der Waals surface area contributed by atoms with Crippen LogP contribution in [0.4, 0.5) is 0 Å². The Kier molecular flexibility index (Phi) is 5.54. The predicted octanol–water partition coefficient (Wildman–Crippen LogP) is 3.88. The number of hydrogen-bond donors (Lipinski definition) is 1. The molecule has 1 N–H and O–H groups in total. The Morgan fingerprint density at radius 2 is 2.00 bits per heavy atom. The molecule has 1 rings (SSSR count). The fraction of sp³-hybridized carbons (Fsp3) is 0.600. The summed E-state index contributed by atoms with van der Waals surface area (Å²) in [6, 6.07) is 9.49. The third-order valence-electron chi connectivity index (χ3n) is 3.24. The summed E-state index contributed by atoms with van der Waals surface area (Å²) in [4.78, 5) is 0. The fourth-order valence-corrected chi connectivity index (χ4v) is 2.29. The number of hydrogen-bond acceptors (Lipinski definition) is 1. The molecule has 90 valence electrons. The summed E-state index contributed by atoms with van der Waals surface area (Å²) in [7, 11) is 0. The summed E-state index contributed by atoms with van der Waals surface area (Å²) in [6.45, 7) is 10.00. The highest BCUT2D eigenvalue weighted by atomic mass is 14.9. The first kappa shape index (κ1) is 13.2. The Labute approximate surface area is 100 Å². The highest BCUT2D eigenvalue weighted by molar-refractivity contribution is 5.26. The van der Waals surface area contributed by atoms with Crippen molar-refractivity contribution in [3.05, 3.63) is 35.4 Å². The zero-order chi connectivity index (χ0) is 12.0. The molecule has 0 amide bonds. The van der Waals surface area contributed by atoms with Crippen LogP contribution in [0.25, 0.3) is 0 Å². The van der Waals surface area contributed by atoms with E-state index in [1.807, 2.05) is 0 Å². The van der Waals surface area contributed by atoms with Gasteiger partial charge in [-0.15, -0.1) is 0 Å². The predicted molar refractivity (Wildman–Crippen MR) is 72.0 cm³/mol. The van der Waals surface area contributed by atoms with Gasteiger partial charge < -0.3 is 5.32 Å². The molecule has 2 atom stereocenters. The zero-order valence-corrected chi connectivity index (χ0v) is 11.1. The molecular formula is C15H25N. The lowest BCUT2D eigenvalue weighted by molar-refractivity contribution is 0.430. The van der Waals surface area contributed by atoms with E-state index >= 15 is 0 Å². The molecule has 0 bridgehead atoms. The minimum atomic E-state index is 0.597. The van der Waals surface area contributed by atoms with Gasteiger partial charge in [0.15, 0.2) is 0 Å². The molecule has 0 saturated heterocycles. The van der Waals surface area contributed by atoms with E-state index in [0.717, 1.165) is 6.54 Å². The SMILES string of the molecule is CCCC(NCC)C(C)c1cccc(C)c1. The Morgan fingerprint density at radius 1 is 1.25 bits per heavy atom. The van der Waals surface area contributed by atoms with Gasteiger partial charge in [-0.3, -0.25) is 0 Å². The summed E-state index contributed by atoms with van der Waals surface area (Å²) in [6.07, 6.45) is 2.50. The van der Waals surface area contributed by atoms with Gasteiger partial charge in [-0.25, -0.2) is 0 Å². The van der Waals surface area contributed by atoms with Crippen LogP contribution in [-0.4, -0.2) is 12.6 Å². The van der Waals surface area contributed by atoms with Crippen molar-refractivity contribution in [1.82, 2.24) is 5.32 Å². The molecule has 2 unspecified atom stereocenters. The van der Waals surface area contributed by atoms with Crippen LogP contribution in [0.15, 0.2) is 24.3 Å². The van der Waals surface area contributed by atoms with Crippen molar-refractivity contribution >= 4 is 0 Å². The number of likely N-dealkylation sites (N-methyl/N-ethyl adjacent to an activating group) is 1. The molecule has 0 spiro atoms. The van der Waals surface area contributed by atoms with E-state index in [1.165, 1.54) is 24.0 Å². The fourth-order valence-electron chi connectivity index (χ4n) is 2.29. The Bertz CT molecular complexity index is 300. The number of benzene rings is 1. The Hall–Kier alpha value is -0.820. The quantitative estimate of drug-likeness (QED) is 0.765. The lowest BCUT2D eigenvalue weighted by atomic mass is 9.90. The highest BCUT2D eigenvalue weighted by Crippen LogP contribution is 2.22. The van der Waals surface area contributed by atoms with Gasteiger partial charge in [0.2, 0.25) is 0 Å². The number of rotatable bonds is 6. The molecule has 0 aliphatic heterocycles. The molecular weight excluding hydrogens is 194 g/mol. The first-order chi connectivity index (χ1) is 7.69. The zero-order valence-electron chi connectivity index (χ0n) is 11.1. The average molecular weight is 219 g/mol. The van der Waals surface area contributed by atoms with E-state index in [2.05, 4.69) is 57.3 Å². The van der Waals surface area contributed by atoms with Gasteiger partial charge in [0.25, 0.3) is 0 Å². The second kappa shape index (κ2) is 6.70. The number of aryl methyl sites for hydroxylation is 1. The number of nitrogens with one attached hydrogen (secondary N) is 1. The first-order valence-electron chi connectivity index (χ1n) is 6.49. The lowest BCUT2D eigenvalue weighted by Gasteiger charge is -2.25. The van der Waals surface area contributed by atoms with E-state index in [9.17, 15) is 0 Å². The van der Waals surface area contributed by atoms with Crippen LogP contribution in [0.2, 0.25) is 0 Å². The summed E-state index contributed by atoms with van der Waals surface area (Å²) < 4.78 is 0. The largest absolute Gasteiger partial charge is 0.314 e. The van der Waals surface area contributed by atoms with Crippen molar-refractivity contribution in [2.24, 2.45) is 0 Å². The average Bonchev–Trinajstić information content (AvgIpc) is 2.28. The minimum Gasteiger partial charge on any atom is -0.314 e.